The minimum atomic E-state index is -3.63. The lowest BCUT2D eigenvalue weighted by Gasteiger charge is -2.21. The molecule has 1 aliphatic rings. The summed E-state index contributed by atoms with van der Waals surface area (Å²) < 4.78 is 27.3. The van der Waals surface area contributed by atoms with Crippen molar-refractivity contribution in [3.8, 4) is 0 Å². The lowest BCUT2D eigenvalue weighted by molar-refractivity contribution is 0.102. The first-order chi connectivity index (χ1) is 14.1. The summed E-state index contributed by atoms with van der Waals surface area (Å²) >= 11 is 6.30. The molecule has 0 saturated carbocycles. The number of halogens is 1. The van der Waals surface area contributed by atoms with Crippen molar-refractivity contribution >= 4 is 33.2 Å². The van der Waals surface area contributed by atoms with Gasteiger partial charge in [-0.15, -0.1) is 0 Å². The molecule has 0 aliphatic carbocycles. The van der Waals surface area contributed by atoms with E-state index in [0.29, 0.717) is 13.1 Å². The SMILES string of the molecule is CC(C)c1cccc(C(C)C)c1NC(=O)c1cc(S(=O)(=O)N2CCCC2)ccc1Cl. The summed E-state index contributed by atoms with van der Waals surface area (Å²) in [5, 5.41) is 3.24. The number of nitrogens with zero attached hydrogens (tertiary/aromatic N) is 1. The number of carbonyl (C=O) groups is 1. The molecular formula is C23H29ClN2O3S. The minimum absolute atomic E-state index is 0.0974. The smallest absolute Gasteiger partial charge is 0.257 e. The van der Waals surface area contributed by atoms with E-state index < -0.39 is 15.9 Å². The summed E-state index contributed by atoms with van der Waals surface area (Å²) in [4.78, 5) is 13.3. The Morgan fingerprint density at radius 1 is 1.00 bits per heavy atom. The average molecular weight is 449 g/mol. The number of amides is 1. The summed E-state index contributed by atoms with van der Waals surface area (Å²) in [6.07, 6.45) is 1.70. The minimum Gasteiger partial charge on any atom is -0.321 e. The largest absolute Gasteiger partial charge is 0.321 e. The second-order valence-electron chi connectivity index (χ2n) is 8.33. The van der Waals surface area contributed by atoms with Crippen LogP contribution in [0.3, 0.4) is 0 Å². The van der Waals surface area contributed by atoms with Crippen LogP contribution in [0.4, 0.5) is 5.69 Å². The number of benzene rings is 2. The van der Waals surface area contributed by atoms with Crippen LogP contribution in [0.2, 0.25) is 5.02 Å². The van der Waals surface area contributed by atoms with Gasteiger partial charge in [0.25, 0.3) is 5.91 Å². The molecule has 1 amide bonds. The number of nitrogens with one attached hydrogen (secondary N) is 1. The summed E-state index contributed by atoms with van der Waals surface area (Å²) in [7, 11) is -3.63. The molecule has 5 nitrogen and oxygen atoms in total. The van der Waals surface area contributed by atoms with Crippen molar-refractivity contribution in [2.24, 2.45) is 0 Å². The van der Waals surface area contributed by atoms with Gasteiger partial charge in [0.2, 0.25) is 10.0 Å². The van der Waals surface area contributed by atoms with Crippen LogP contribution >= 0.6 is 11.6 Å². The van der Waals surface area contributed by atoms with E-state index in [4.69, 9.17) is 11.6 Å². The molecule has 2 aromatic rings. The number of para-hydroxylation sites is 1. The zero-order valence-electron chi connectivity index (χ0n) is 17.9. The molecule has 162 valence electrons. The van der Waals surface area contributed by atoms with E-state index in [1.165, 1.54) is 22.5 Å². The molecule has 3 rings (SSSR count). The maximum atomic E-state index is 13.2. The van der Waals surface area contributed by atoms with Gasteiger partial charge in [0.05, 0.1) is 15.5 Å². The van der Waals surface area contributed by atoms with Crippen LogP contribution in [0.1, 0.15) is 73.9 Å². The van der Waals surface area contributed by atoms with Crippen molar-refractivity contribution < 1.29 is 13.2 Å². The molecule has 7 heteroatoms. The van der Waals surface area contributed by atoms with Crippen LogP contribution in [-0.4, -0.2) is 31.7 Å². The Kier molecular flexibility index (Phi) is 6.90. The standard InChI is InChI=1S/C23H29ClN2O3S/c1-15(2)18-8-7-9-19(16(3)4)22(18)25-23(27)20-14-17(10-11-21(20)24)30(28,29)26-12-5-6-13-26/h7-11,14-16H,5-6,12-13H2,1-4H3,(H,25,27). The zero-order chi connectivity index (χ0) is 22.1. The first kappa shape index (κ1) is 22.8. The molecule has 0 aromatic heterocycles. The predicted molar refractivity (Wildman–Crippen MR) is 122 cm³/mol. The Hall–Kier alpha value is -1.89. The Morgan fingerprint density at radius 3 is 2.10 bits per heavy atom. The molecule has 0 bridgehead atoms. The quantitative estimate of drug-likeness (QED) is 0.623. The lowest BCUT2D eigenvalue weighted by atomic mass is 9.92. The van der Waals surface area contributed by atoms with Gasteiger partial charge in [0, 0.05) is 18.8 Å². The molecule has 1 heterocycles. The molecule has 2 aromatic carbocycles. The topological polar surface area (TPSA) is 66.5 Å². The monoisotopic (exact) mass is 448 g/mol. The fraction of sp³-hybridized carbons (Fsp3) is 0.435. The van der Waals surface area contributed by atoms with Crippen molar-refractivity contribution in [1.82, 2.24) is 4.31 Å². The van der Waals surface area contributed by atoms with Gasteiger partial charge in [0.1, 0.15) is 0 Å². The molecular weight excluding hydrogens is 420 g/mol. The van der Waals surface area contributed by atoms with Crippen molar-refractivity contribution in [3.63, 3.8) is 0 Å². The Morgan fingerprint density at radius 2 is 1.57 bits per heavy atom. The highest BCUT2D eigenvalue weighted by Gasteiger charge is 2.28. The molecule has 0 unspecified atom stereocenters. The highest BCUT2D eigenvalue weighted by molar-refractivity contribution is 7.89. The Balaban J connectivity index is 1.99. The summed E-state index contributed by atoms with van der Waals surface area (Å²) in [5.74, 6) is 0.0289. The third kappa shape index (κ3) is 4.56. The molecule has 0 spiro atoms. The number of anilines is 1. The molecule has 1 N–H and O–H groups in total. The molecule has 1 fully saturated rings. The van der Waals surface area contributed by atoms with Gasteiger partial charge in [-0.2, -0.15) is 4.31 Å². The van der Waals surface area contributed by atoms with Crippen LogP contribution in [0.5, 0.6) is 0 Å². The number of sulfonamides is 1. The van der Waals surface area contributed by atoms with E-state index in [1.807, 2.05) is 18.2 Å². The first-order valence-electron chi connectivity index (χ1n) is 10.4. The van der Waals surface area contributed by atoms with E-state index in [-0.39, 0.29) is 27.3 Å². The molecule has 30 heavy (non-hydrogen) atoms. The van der Waals surface area contributed by atoms with Gasteiger partial charge in [-0.1, -0.05) is 57.5 Å². The number of hydrogen-bond acceptors (Lipinski definition) is 3. The van der Waals surface area contributed by atoms with Crippen molar-refractivity contribution in [3.05, 3.63) is 58.1 Å². The molecule has 1 saturated heterocycles. The highest BCUT2D eigenvalue weighted by atomic mass is 35.5. The molecule has 1 aliphatic heterocycles. The first-order valence-corrected chi connectivity index (χ1v) is 12.2. The lowest BCUT2D eigenvalue weighted by Crippen LogP contribution is -2.28. The fourth-order valence-corrected chi connectivity index (χ4v) is 5.54. The number of carbonyl (C=O) groups excluding carboxylic acids is 1. The molecule has 0 radical (unpaired) electrons. The van der Waals surface area contributed by atoms with Crippen LogP contribution in [0.25, 0.3) is 0 Å². The number of rotatable bonds is 6. The predicted octanol–water partition coefficient (Wildman–Crippen LogP) is 5.62. The van der Waals surface area contributed by atoms with E-state index in [9.17, 15) is 13.2 Å². The maximum absolute atomic E-state index is 13.2. The van der Waals surface area contributed by atoms with E-state index in [1.54, 1.807) is 0 Å². The molecule has 0 atom stereocenters. The maximum Gasteiger partial charge on any atom is 0.257 e. The van der Waals surface area contributed by atoms with Crippen molar-refractivity contribution in [1.29, 1.82) is 0 Å². The van der Waals surface area contributed by atoms with Gasteiger partial charge in [-0.05, 0) is 54.0 Å². The normalized spacial score (nSPS) is 15.2. The van der Waals surface area contributed by atoms with E-state index in [0.717, 1.165) is 29.7 Å². The van der Waals surface area contributed by atoms with E-state index >= 15 is 0 Å². The van der Waals surface area contributed by atoms with Gasteiger partial charge in [-0.25, -0.2) is 8.42 Å². The van der Waals surface area contributed by atoms with Crippen molar-refractivity contribution in [2.45, 2.75) is 57.3 Å². The fourth-order valence-electron chi connectivity index (χ4n) is 3.79. The van der Waals surface area contributed by atoms with Crippen molar-refractivity contribution in [2.75, 3.05) is 18.4 Å². The van der Waals surface area contributed by atoms with Crippen LogP contribution < -0.4 is 5.32 Å². The van der Waals surface area contributed by atoms with E-state index in [2.05, 4.69) is 33.0 Å². The summed E-state index contributed by atoms with van der Waals surface area (Å²) in [6.45, 7) is 9.31. The van der Waals surface area contributed by atoms with Gasteiger partial charge in [-0.3, -0.25) is 4.79 Å². The highest BCUT2D eigenvalue weighted by Crippen LogP contribution is 2.33. The number of hydrogen-bond donors (Lipinski definition) is 1. The second-order valence-corrected chi connectivity index (χ2v) is 10.7. The van der Waals surface area contributed by atoms with Crippen LogP contribution in [0.15, 0.2) is 41.3 Å². The van der Waals surface area contributed by atoms with Gasteiger partial charge < -0.3 is 5.32 Å². The third-order valence-corrected chi connectivity index (χ3v) is 7.72. The second kappa shape index (κ2) is 9.08. The Bertz CT molecular complexity index is 1020. The third-order valence-electron chi connectivity index (χ3n) is 5.50. The van der Waals surface area contributed by atoms with Gasteiger partial charge in [0.15, 0.2) is 0 Å². The summed E-state index contributed by atoms with van der Waals surface area (Å²) in [5.41, 5.74) is 3.00. The Labute approximate surface area is 184 Å². The van der Waals surface area contributed by atoms with Crippen LogP contribution in [0, 0.1) is 0 Å². The summed E-state index contributed by atoms with van der Waals surface area (Å²) in [6, 6.07) is 10.3. The van der Waals surface area contributed by atoms with Crippen LogP contribution in [-0.2, 0) is 10.0 Å². The average Bonchev–Trinajstić information content (AvgIpc) is 3.23. The zero-order valence-corrected chi connectivity index (χ0v) is 19.5. The van der Waals surface area contributed by atoms with Gasteiger partial charge >= 0.3 is 0 Å².